The molecular weight excluding hydrogens is 167 g/mol. The molecular formula is C11H11FO. The molecule has 0 amide bonds. The molecule has 2 heteroatoms. The van der Waals surface area contributed by atoms with Gasteiger partial charge in [-0.1, -0.05) is 12.1 Å². The number of aldehydes is 1. The second-order valence-corrected chi connectivity index (χ2v) is 3.48. The van der Waals surface area contributed by atoms with Crippen LogP contribution in [-0.2, 0) is 6.67 Å². The summed E-state index contributed by atoms with van der Waals surface area (Å²) in [5.41, 5.74) is 2.43. The zero-order valence-corrected chi connectivity index (χ0v) is 7.29. The second-order valence-electron chi connectivity index (χ2n) is 3.48. The third-order valence-electron chi connectivity index (χ3n) is 2.47. The number of carbonyl (C=O) groups excluding carboxylic acids is 1. The summed E-state index contributed by atoms with van der Waals surface area (Å²) in [6.45, 7) is -0.426. The molecule has 0 aliphatic heterocycles. The van der Waals surface area contributed by atoms with E-state index in [4.69, 9.17) is 0 Å². The average molecular weight is 178 g/mol. The van der Waals surface area contributed by atoms with Gasteiger partial charge < -0.3 is 0 Å². The van der Waals surface area contributed by atoms with Crippen molar-refractivity contribution in [2.75, 3.05) is 0 Å². The van der Waals surface area contributed by atoms with Gasteiger partial charge in [-0.15, -0.1) is 0 Å². The van der Waals surface area contributed by atoms with E-state index >= 15 is 0 Å². The first-order valence-corrected chi connectivity index (χ1v) is 4.49. The summed E-state index contributed by atoms with van der Waals surface area (Å²) in [6.07, 6.45) is 3.08. The van der Waals surface area contributed by atoms with Crippen LogP contribution in [0.4, 0.5) is 4.39 Å². The van der Waals surface area contributed by atoms with Crippen molar-refractivity contribution in [3.63, 3.8) is 0 Å². The van der Waals surface area contributed by atoms with Crippen LogP contribution in [-0.4, -0.2) is 6.29 Å². The maximum absolute atomic E-state index is 12.5. The highest BCUT2D eigenvalue weighted by molar-refractivity contribution is 5.75. The summed E-state index contributed by atoms with van der Waals surface area (Å²) >= 11 is 0. The van der Waals surface area contributed by atoms with Gasteiger partial charge in [-0.2, -0.15) is 0 Å². The van der Waals surface area contributed by atoms with Crippen LogP contribution in [0.3, 0.4) is 0 Å². The Morgan fingerprint density at radius 3 is 2.77 bits per heavy atom. The molecule has 0 spiro atoms. The maximum Gasteiger partial charge on any atom is 0.150 e. The van der Waals surface area contributed by atoms with Crippen molar-refractivity contribution in [3.8, 4) is 0 Å². The monoisotopic (exact) mass is 178 g/mol. The Morgan fingerprint density at radius 1 is 1.46 bits per heavy atom. The average Bonchev–Trinajstić information content (AvgIpc) is 3.00. The lowest BCUT2D eigenvalue weighted by atomic mass is 10.0. The summed E-state index contributed by atoms with van der Waals surface area (Å²) in [5.74, 6) is 0.505. The molecule has 0 aromatic heterocycles. The van der Waals surface area contributed by atoms with E-state index in [0.29, 0.717) is 11.5 Å². The van der Waals surface area contributed by atoms with Gasteiger partial charge in [0.25, 0.3) is 0 Å². The lowest BCUT2D eigenvalue weighted by Gasteiger charge is -2.05. The van der Waals surface area contributed by atoms with Crippen molar-refractivity contribution in [2.45, 2.75) is 25.4 Å². The fraction of sp³-hybridized carbons (Fsp3) is 0.364. The Morgan fingerprint density at radius 2 is 2.23 bits per heavy atom. The number of halogens is 1. The molecule has 1 aliphatic rings. The highest BCUT2D eigenvalue weighted by Gasteiger charge is 2.25. The predicted octanol–water partition coefficient (Wildman–Crippen LogP) is 2.85. The Bertz CT molecular complexity index is 329. The lowest BCUT2D eigenvalue weighted by Crippen LogP contribution is -1.92. The second kappa shape index (κ2) is 3.29. The zero-order valence-electron chi connectivity index (χ0n) is 7.29. The van der Waals surface area contributed by atoms with E-state index in [0.717, 1.165) is 30.3 Å². The number of alkyl halides is 1. The van der Waals surface area contributed by atoms with Gasteiger partial charge >= 0.3 is 0 Å². The number of hydrogen-bond donors (Lipinski definition) is 0. The minimum atomic E-state index is -0.426. The molecule has 1 fully saturated rings. The molecule has 0 radical (unpaired) electrons. The number of carbonyl (C=O) groups is 1. The van der Waals surface area contributed by atoms with Gasteiger partial charge in [-0.3, -0.25) is 4.79 Å². The first-order valence-electron chi connectivity index (χ1n) is 4.49. The molecule has 1 nitrogen and oxygen atoms in total. The van der Waals surface area contributed by atoms with Crippen LogP contribution in [0, 0.1) is 0 Å². The van der Waals surface area contributed by atoms with E-state index in [1.54, 1.807) is 12.1 Å². The van der Waals surface area contributed by atoms with Gasteiger partial charge in [0.1, 0.15) is 13.0 Å². The third-order valence-corrected chi connectivity index (χ3v) is 2.47. The van der Waals surface area contributed by atoms with Gasteiger partial charge in [0.05, 0.1) is 0 Å². The third kappa shape index (κ3) is 1.62. The smallest absolute Gasteiger partial charge is 0.150 e. The molecule has 1 aromatic carbocycles. The van der Waals surface area contributed by atoms with E-state index in [-0.39, 0.29) is 0 Å². The van der Waals surface area contributed by atoms with Crippen molar-refractivity contribution in [1.82, 2.24) is 0 Å². The molecule has 0 saturated heterocycles. The van der Waals surface area contributed by atoms with Crippen molar-refractivity contribution < 1.29 is 9.18 Å². The summed E-state index contributed by atoms with van der Waals surface area (Å²) < 4.78 is 12.5. The Hall–Kier alpha value is -1.18. The van der Waals surface area contributed by atoms with Crippen LogP contribution in [0.1, 0.15) is 40.2 Å². The van der Waals surface area contributed by atoms with E-state index in [2.05, 4.69) is 0 Å². The van der Waals surface area contributed by atoms with Crippen LogP contribution in [0.15, 0.2) is 18.2 Å². The Labute approximate surface area is 76.6 Å². The van der Waals surface area contributed by atoms with Crippen molar-refractivity contribution in [1.29, 1.82) is 0 Å². The largest absolute Gasteiger partial charge is 0.298 e. The van der Waals surface area contributed by atoms with Crippen molar-refractivity contribution in [2.24, 2.45) is 0 Å². The highest BCUT2D eigenvalue weighted by Crippen LogP contribution is 2.42. The summed E-state index contributed by atoms with van der Waals surface area (Å²) in [6, 6.07) is 5.21. The molecule has 0 bridgehead atoms. The van der Waals surface area contributed by atoms with Gasteiger partial charge in [0, 0.05) is 5.56 Å². The SMILES string of the molecule is O=Cc1ccc(CF)c(C2CC2)c1. The van der Waals surface area contributed by atoms with E-state index < -0.39 is 6.67 Å². The molecule has 68 valence electrons. The summed E-state index contributed by atoms with van der Waals surface area (Å²) in [4.78, 5) is 10.5. The maximum atomic E-state index is 12.5. The first-order chi connectivity index (χ1) is 6.35. The fourth-order valence-corrected chi connectivity index (χ4v) is 1.58. The summed E-state index contributed by atoms with van der Waals surface area (Å²) in [5, 5.41) is 0. The summed E-state index contributed by atoms with van der Waals surface area (Å²) in [7, 11) is 0. The van der Waals surface area contributed by atoms with E-state index in [1.807, 2.05) is 6.07 Å². The zero-order chi connectivity index (χ0) is 9.26. The first kappa shape index (κ1) is 8.42. The van der Waals surface area contributed by atoms with Gasteiger partial charge in [-0.25, -0.2) is 4.39 Å². The molecule has 1 saturated carbocycles. The molecule has 1 aromatic rings. The molecule has 0 N–H and O–H groups in total. The van der Waals surface area contributed by atoms with E-state index in [1.165, 1.54) is 0 Å². The topological polar surface area (TPSA) is 17.1 Å². The van der Waals surface area contributed by atoms with Crippen LogP contribution in [0.5, 0.6) is 0 Å². The Kier molecular flexibility index (Phi) is 2.13. The number of rotatable bonds is 3. The molecule has 13 heavy (non-hydrogen) atoms. The lowest BCUT2D eigenvalue weighted by molar-refractivity contribution is 0.112. The molecule has 0 unspecified atom stereocenters. The predicted molar refractivity (Wildman–Crippen MR) is 48.6 cm³/mol. The number of benzene rings is 1. The fourth-order valence-electron chi connectivity index (χ4n) is 1.58. The highest BCUT2D eigenvalue weighted by atomic mass is 19.1. The van der Waals surface area contributed by atoms with Gasteiger partial charge in [0.15, 0.2) is 0 Å². The number of hydrogen-bond acceptors (Lipinski definition) is 1. The van der Waals surface area contributed by atoms with Crippen LogP contribution in [0.25, 0.3) is 0 Å². The normalized spacial score (nSPS) is 15.8. The van der Waals surface area contributed by atoms with Crippen LogP contribution < -0.4 is 0 Å². The molecule has 1 aliphatic carbocycles. The Balaban J connectivity index is 2.40. The molecule has 0 heterocycles. The van der Waals surface area contributed by atoms with Gasteiger partial charge in [-0.05, 0) is 36.0 Å². The minimum absolute atomic E-state index is 0.426. The van der Waals surface area contributed by atoms with Crippen LogP contribution in [0.2, 0.25) is 0 Å². The van der Waals surface area contributed by atoms with Crippen molar-refractivity contribution >= 4 is 6.29 Å². The van der Waals surface area contributed by atoms with Crippen molar-refractivity contribution in [3.05, 3.63) is 34.9 Å². The van der Waals surface area contributed by atoms with Gasteiger partial charge in [0.2, 0.25) is 0 Å². The molecule has 0 atom stereocenters. The molecule has 2 rings (SSSR count). The van der Waals surface area contributed by atoms with E-state index in [9.17, 15) is 9.18 Å². The van der Waals surface area contributed by atoms with Crippen LogP contribution >= 0.6 is 0 Å². The standard InChI is InChI=1S/C11H11FO/c12-6-10-2-1-8(7-13)5-11(10)9-3-4-9/h1-2,5,7,9H,3-4,6H2. The quantitative estimate of drug-likeness (QED) is 0.650. The minimum Gasteiger partial charge on any atom is -0.298 e.